The molecule has 1 spiro atoms. The summed E-state index contributed by atoms with van der Waals surface area (Å²) in [6.45, 7) is 9.88. The summed E-state index contributed by atoms with van der Waals surface area (Å²) >= 11 is 0. The summed E-state index contributed by atoms with van der Waals surface area (Å²) in [5.74, 6) is 2.20. The molecule has 0 aromatic carbocycles. The van der Waals surface area contributed by atoms with Gasteiger partial charge in [0.15, 0.2) is 5.82 Å². The summed E-state index contributed by atoms with van der Waals surface area (Å²) in [7, 11) is 0. The lowest BCUT2D eigenvalue weighted by Gasteiger charge is -2.45. The van der Waals surface area contributed by atoms with Gasteiger partial charge in [-0.05, 0) is 50.1 Å². The molecule has 3 heterocycles. The molecular formula is C16H28N4O. The van der Waals surface area contributed by atoms with Gasteiger partial charge in [0.25, 0.3) is 0 Å². The third kappa shape index (κ3) is 3.83. The van der Waals surface area contributed by atoms with Crippen LogP contribution in [0.2, 0.25) is 0 Å². The first-order chi connectivity index (χ1) is 10.2. The van der Waals surface area contributed by atoms with Crippen LogP contribution in [0.4, 0.5) is 0 Å². The minimum absolute atomic E-state index is 0.487. The Bertz CT molecular complexity index is 445. The first-order valence-electron chi connectivity index (χ1n) is 8.40. The molecule has 0 amide bonds. The van der Waals surface area contributed by atoms with Crippen molar-refractivity contribution < 1.29 is 4.52 Å². The second-order valence-electron chi connectivity index (χ2n) is 7.30. The molecule has 0 saturated carbocycles. The Labute approximate surface area is 127 Å². The van der Waals surface area contributed by atoms with Gasteiger partial charge in [-0.1, -0.05) is 19.0 Å². The van der Waals surface area contributed by atoms with Crippen molar-refractivity contribution in [2.75, 3.05) is 26.2 Å². The topological polar surface area (TPSA) is 54.2 Å². The van der Waals surface area contributed by atoms with E-state index in [2.05, 4.69) is 34.2 Å². The van der Waals surface area contributed by atoms with Crippen LogP contribution < -0.4 is 5.32 Å². The van der Waals surface area contributed by atoms with Crippen LogP contribution in [-0.2, 0) is 13.0 Å². The van der Waals surface area contributed by atoms with Gasteiger partial charge < -0.3 is 9.84 Å². The summed E-state index contributed by atoms with van der Waals surface area (Å²) in [5, 5.41) is 7.73. The van der Waals surface area contributed by atoms with Crippen LogP contribution >= 0.6 is 0 Å². The van der Waals surface area contributed by atoms with Crippen LogP contribution in [0.5, 0.6) is 0 Å². The number of rotatable bonds is 4. The van der Waals surface area contributed by atoms with Gasteiger partial charge in [-0.2, -0.15) is 4.98 Å². The number of hydrogen-bond acceptors (Lipinski definition) is 5. The number of hydrogen-bond donors (Lipinski definition) is 1. The molecule has 5 nitrogen and oxygen atoms in total. The van der Waals surface area contributed by atoms with E-state index in [0.29, 0.717) is 11.3 Å². The van der Waals surface area contributed by atoms with Crippen molar-refractivity contribution in [3.05, 3.63) is 11.7 Å². The van der Waals surface area contributed by atoms with Gasteiger partial charge >= 0.3 is 0 Å². The summed E-state index contributed by atoms with van der Waals surface area (Å²) < 4.78 is 5.35. The Morgan fingerprint density at radius 1 is 1.33 bits per heavy atom. The Kier molecular flexibility index (Phi) is 4.60. The maximum absolute atomic E-state index is 5.35. The van der Waals surface area contributed by atoms with E-state index in [1.807, 2.05) is 0 Å². The second kappa shape index (κ2) is 6.44. The SMILES string of the molecule is CC(C)Cc1nc(CN2CCCC3(CCCNC3)C2)no1. The monoisotopic (exact) mass is 292 g/mol. The molecule has 0 radical (unpaired) electrons. The normalized spacial score (nSPS) is 27.6. The van der Waals surface area contributed by atoms with E-state index in [9.17, 15) is 0 Å². The van der Waals surface area contributed by atoms with Crippen LogP contribution in [0.3, 0.4) is 0 Å². The van der Waals surface area contributed by atoms with Gasteiger partial charge in [-0.3, -0.25) is 4.90 Å². The molecular weight excluding hydrogens is 264 g/mol. The first kappa shape index (κ1) is 15.0. The lowest BCUT2D eigenvalue weighted by Crippen LogP contribution is -2.50. The number of aromatic nitrogens is 2. The highest BCUT2D eigenvalue weighted by Gasteiger charge is 2.36. The third-order valence-electron chi connectivity index (χ3n) is 4.76. The Hall–Kier alpha value is -0.940. The highest BCUT2D eigenvalue weighted by Crippen LogP contribution is 2.36. The van der Waals surface area contributed by atoms with E-state index in [0.717, 1.165) is 31.2 Å². The van der Waals surface area contributed by atoms with Gasteiger partial charge in [0.2, 0.25) is 5.89 Å². The minimum Gasteiger partial charge on any atom is -0.339 e. The molecule has 1 aromatic heterocycles. The molecule has 2 saturated heterocycles. The van der Waals surface area contributed by atoms with E-state index in [-0.39, 0.29) is 0 Å². The molecule has 1 atom stereocenters. The van der Waals surface area contributed by atoms with E-state index in [4.69, 9.17) is 4.52 Å². The molecule has 1 aromatic rings. The molecule has 118 valence electrons. The quantitative estimate of drug-likeness (QED) is 0.922. The number of piperidine rings is 2. The van der Waals surface area contributed by atoms with Crippen LogP contribution in [0.15, 0.2) is 4.52 Å². The molecule has 3 rings (SSSR count). The fourth-order valence-electron chi connectivity index (χ4n) is 3.81. The highest BCUT2D eigenvalue weighted by atomic mass is 16.5. The number of likely N-dealkylation sites (tertiary alicyclic amines) is 1. The molecule has 0 aliphatic carbocycles. The molecule has 0 bridgehead atoms. The lowest BCUT2D eigenvalue weighted by molar-refractivity contribution is 0.0581. The smallest absolute Gasteiger partial charge is 0.226 e. The standard InChI is InChI=1S/C16H28N4O/c1-13(2)9-15-18-14(19-21-15)10-20-8-4-6-16(12-20)5-3-7-17-11-16/h13,17H,3-12H2,1-2H3. The maximum atomic E-state index is 5.35. The lowest BCUT2D eigenvalue weighted by atomic mass is 9.74. The number of nitrogens with one attached hydrogen (secondary N) is 1. The van der Waals surface area contributed by atoms with Crippen molar-refractivity contribution in [1.82, 2.24) is 20.4 Å². The molecule has 21 heavy (non-hydrogen) atoms. The first-order valence-corrected chi connectivity index (χ1v) is 8.40. The van der Waals surface area contributed by atoms with Crippen LogP contribution in [-0.4, -0.2) is 41.2 Å². The van der Waals surface area contributed by atoms with E-state index in [1.54, 1.807) is 0 Å². The van der Waals surface area contributed by atoms with E-state index < -0.39 is 0 Å². The summed E-state index contributed by atoms with van der Waals surface area (Å²) in [6.07, 6.45) is 6.20. The van der Waals surface area contributed by atoms with Gasteiger partial charge in [-0.25, -0.2) is 0 Å². The van der Waals surface area contributed by atoms with Crippen LogP contribution in [0.1, 0.15) is 51.2 Å². The second-order valence-corrected chi connectivity index (χ2v) is 7.30. The minimum atomic E-state index is 0.487. The fourth-order valence-corrected chi connectivity index (χ4v) is 3.81. The Morgan fingerprint density at radius 2 is 2.19 bits per heavy atom. The summed E-state index contributed by atoms with van der Waals surface area (Å²) in [6, 6.07) is 0. The van der Waals surface area contributed by atoms with E-state index >= 15 is 0 Å². The maximum Gasteiger partial charge on any atom is 0.226 e. The average Bonchev–Trinajstić information content (AvgIpc) is 2.86. The Balaban J connectivity index is 1.58. The van der Waals surface area contributed by atoms with Gasteiger partial charge in [0.1, 0.15) is 0 Å². The highest BCUT2D eigenvalue weighted by molar-refractivity contribution is 4.94. The zero-order valence-corrected chi connectivity index (χ0v) is 13.4. The fraction of sp³-hybridized carbons (Fsp3) is 0.875. The van der Waals surface area contributed by atoms with Crippen LogP contribution in [0.25, 0.3) is 0 Å². The average molecular weight is 292 g/mol. The van der Waals surface area contributed by atoms with Gasteiger partial charge in [-0.15, -0.1) is 0 Å². The van der Waals surface area contributed by atoms with Crippen molar-refractivity contribution in [3.8, 4) is 0 Å². The third-order valence-corrected chi connectivity index (χ3v) is 4.76. The Morgan fingerprint density at radius 3 is 2.95 bits per heavy atom. The molecule has 2 aliphatic heterocycles. The van der Waals surface area contributed by atoms with Gasteiger partial charge in [0, 0.05) is 19.5 Å². The van der Waals surface area contributed by atoms with Crippen molar-refractivity contribution in [2.45, 2.75) is 52.5 Å². The molecule has 1 N–H and O–H groups in total. The predicted octanol–water partition coefficient (Wildman–Crippen LogP) is 2.23. The van der Waals surface area contributed by atoms with Crippen molar-refractivity contribution >= 4 is 0 Å². The predicted molar refractivity (Wildman–Crippen MR) is 81.9 cm³/mol. The molecule has 5 heteroatoms. The van der Waals surface area contributed by atoms with Crippen molar-refractivity contribution in [2.24, 2.45) is 11.3 Å². The summed E-state index contributed by atoms with van der Waals surface area (Å²) in [5.41, 5.74) is 0.487. The van der Waals surface area contributed by atoms with E-state index in [1.165, 1.54) is 45.3 Å². The largest absolute Gasteiger partial charge is 0.339 e. The number of nitrogens with zero attached hydrogens (tertiary/aromatic N) is 3. The zero-order chi connectivity index (χ0) is 14.7. The molecule has 1 unspecified atom stereocenters. The van der Waals surface area contributed by atoms with Crippen molar-refractivity contribution in [1.29, 1.82) is 0 Å². The zero-order valence-electron chi connectivity index (χ0n) is 13.4. The van der Waals surface area contributed by atoms with Crippen LogP contribution in [0, 0.1) is 11.3 Å². The summed E-state index contributed by atoms with van der Waals surface area (Å²) in [4.78, 5) is 7.06. The van der Waals surface area contributed by atoms with Crippen molar-refractivity contribution in [3.63, 3.8) is 0 Å². The molecule has 2 aliphatic rings. The molecule has 2 fully saturated rings. The van der Waals surface area contributed by atoms with Gasteiger partial charge in [0.05, 0.1) is 6.54 Å².